The summed E-state index contributed by atoms with van der Waals surface area (Å²) in [7, 11) is -2.03. The van der Waals surface area contributed by atoms with Gasteiger partial charge in [-0.15, -0.1) is 0 Å². The van der Waals surface area contributed by atoms with Crippen molar-refractivity contribution < 1.29 is 32.9 Å². The Kier molecular flexibility index (Phi) is 13.7. The minimum atomic E-state index is -3.55. The molecule has 0 fully saturated rings. The second kappa shape index (κ2) is 17.0. The summed E-state index contributed by atoms with van der Waals surface area (Å²) < 4.78 is 36.1. The summed E-state index contributed by atoms with van der Waals surface area (Å²) in [5, 5.41) is 25.8. The van der Waals surface area contributed by atoms with Crippen LogP contribution in [0, 0.1) is 0 Å². The average Bonchev–Trinajstić information content (AvgIpc) is 3.22. The Labute approximate surface area is 256 Å². The van der Waals surface area contributed by atoms with Crippen molar-refractivity contribution >= 4 is 21.4 Å². The Morgan fingerprint density at radius 3 is 2.23 bits per heavy atom. The van der Waals surface area contributed by atoms with Crippen LogP contribution in [0.2, 0.25) is 0 Å². The zero-order valence-electron chi connectivity index (χ0n) is 25.8. The molecule has 0 aromatic heterocycles. The maximum absolute atomic E-state index is 12.8. The monoisotopic (exact) mass is 619 g/mol. The largest absolute Gasteiger partial charge is 0.493 e. The number of nitrogens with two attached hydrogens (primary N) is 1. The van der Waals surface area contributed by atoms with Gasteiger partial charge < -0.3 is 30.7 Å². The van der Waals surface area contributed by atoms with E-state index in [-0.39, 0.29) is 11.7 Å². The van der Waals surface area contributed by atoms with Crippen LogP contribution >= 0.6 is 0 Å². The number of ether oxygens (including phenoxy) is 2. The maximum atomic E-state index is 12.8. The van der Waals surface area contributed by atoms with Crippen LogP contribution in [0.15, 0.2) is 36.4 Å². The van der Waals surface area contributed by atoms with Gasteiger partial charge in [-0.2, -0.15) is 0 Å². The number of fused-ring (bicyclic) bond motifs is 1. The number of sulfone groups is 1. The Morgan fingerprint density at radius 1 is 0.977 bits per heavy atom. The number of amides is 1. The van der Waals surface area contributed by atoms with Crippen molar-refractivity contribution in [2.24, 2.45) is 5.73 Å². The summed E-state index contributed by atoms with van der Waals surface area (Å²) in [5.74, 6) is 0.386. The van der Waals surface area contributed by atoms with Crippen LogP contribution in [-0.4, -0.2) is 61.7 Å². The predicted octanol–water partition coefficient (Wildman–Crippen LogP) is 4.98. The van der Waals surface area contributed by atoms with Crippen molar-refractivity contribution in [2.45, 2.75) is 89.6 Å². The van der Waals surface area contributed by atoms with Gasteiger partial charge in [0.1, 0.15) is 22.3 Å². The van der Waals surface area contributed by atoms with E-state index >= 15 is 0 Å². The zero-order valence-corrected chi connectivity index (χ0v) is 26.6. The molecule has 0 radical (unpaired) electrons. The first kappa shape index (κ1) is 34.8. The summed E-state index contributed by atoms with van der Waals surface area (Å²) >= 11 is 0. The van der Waals surface area contributed by atoms with E-state index in [9.17, 15) is 23.4 Å². The number of rotatable bonds is 19. The molecule has 0 bridgehead atoms. The van der Waals surface area contributed by atoms with Gasteiger partial charge in [0.05, 0.1) is 25.5 Å². The standard InChI is InChI=1S/C32H49N3O7S/c1-4-42-28-21-23(18-19-27(28)41-2)26(22-43(3,39)40)35-31(37)24-15-14-16-25(30(24)32(35)38)34-29(36)17-12-10-8-6-5-7-9-11-13-20-33/h14-16,18-19,21,26,31-32,37-38H,4-13,17,20,22,33H2,1-3H3,(H,34,36)/t26-,31+,32+/m1/s1. The first-order valence-corrected chi connectivity index (χ1v) is 17.4. The fourth-order valence-corrected chi connectivity index (χ4v) is 6.62. The lowest BCUT2D eigenvalue weighted by molar-refractivity contribution is -0.116. The Bertz CT molecular complexity index is 1290. The maximum Gasteiger partial charge on any atom is 0.224 e. The number of aliphatic hydroxyl groups excluding tert-OH is 2. The summed E-state index contributed by atoms with van der Waals surface area (Å²) in [6.45, 7) is 2.96. The van der Waals surface area contributed by atoms with Crippen LogP contribution in [0.4, 0.5) is 5.69 Å². The van der Waals surface area contributed by atoms with Gasteiger partial charge in [0.2, 0.25) is 5.91 Å². The number of anilines is 1. The Morgan fingerprint density at radius 2 is 1.63 bits per heavy atom. The fraction of sp³-hybridized carbons (Fsp3) is 0.594. The van der Waals surface area contributed by atoms with Gasteiger partial charge >= 0.3 is 0 Å². The molecule has 5 N–H and O–H groups in total. The van der Waals surface area contributed by atoms with Crippen molar-refractivity contribution in [3.05, 3.63) is 53.1 Å². The van der Waals surface area contributed by atoms with E-state index in [0.717, 1.165) is 44.9 Å². The Balaban J connectivity index is 1.70. The lowest BCUT2D eigenvalue weighted by Gasteiger charge is -2.33. The molecule has 11 heteroatoms. The lowest BCUT2D eigenvalue weighted by atomic mass is 10.0. The summed E-state index contributed by atoms with van der Waals surface area (Å²) in [5.41, 5.74) is 7.23. The number of unbranched alkanes of at least 4 members (excludes halogenated alkanes) is 8. The van der Waals surface area contributed by atoms with Gasteiger partial charge in [0.25, 0.3) is 0 Å². The molecule has 0 aliphatic carbocycles. The first-order valence-electron chi connectivity index (χ1n) is 15.4. The number of hydrogen-bond donors (Lipinski definition) is 4. The molecular weight excluding hydrogens is 570 g/mol. The number of hydrogen-bond acceptors (Lipinski definition) is 9. The average molecular weight is 620 g/mol. The number of methoxy groups -OCH3 is 1. The summed E-state index contributed by atoms with van der Waals surface area (Å²) in [6.07, 6.45) is 8.71. The molecule has 10 nitrogen and oxygen atoms in total. The highest BCUT2D eigenvalue weighted by Crippen LogP contribution is 2.48. The third-order valence-corrected chi connectivity index (χ3v) is 8.74. The summed E-state index contributed by atoms with van der Waals surface area (Å²) in [4.78, 5) is 14.2. The molecule has 0 spiro atoms. The van der Waals surface area contributed by atoms with E-state index in [1.807, 2.05) is 6.92 Å². The highest BCUT2D eigenvalue weighted by molar-refractivity contribution is 7.90. The molecule has 240 valence electrons. The van der Waals surface area contributed by atoms with Gasteiger partial charge in [-0.25, -0.2) is 13.3 Å². The molecule has 3 rings (SSSR count). The van der Waals surface area contributed by atoms with E-state index in [1.165, 1.54) is 37.7 Å². The van der Waals surface area contributed by atoms with Crippen LogP contribution < -0.4 is 20.5 Å². The second-order valence-corrected chi connectivity index (χ2v) is 13.4. The van der Waals surface area contributed by atoms with Crippen molar-refractivity contribution in [3.8, 4) is 11.5 Å². The van der Waals surface area contributed by atoms with E-state index in [0.29, 0.717) is 46.9 Å². The zero-order chi connectivity index (χ0) is 31.4. The highest BCUT2D eigenvalue weighted by atomic mass is 32.2. The van der Waals surface area contributed by atoms with Crippen LogP contribution in [0.3, 0.4) is 0 Å². The van der Waals surface area contributed by atoms with Crippen LogP contribution in [0.5, 0.6) is 11.5 Å². The smallest absolute Gasteiger partial charge is 0.224 e. The highest BCUT2D eigenvalue weighted by Gasteiger charge is 2.44. The van der Waals surface area contributed by atoms with E-state index in [4.69, 9.17) is 15.2 Å². The normalized spacial score (nSPS) is 17.4. The molecule has 43 heavy (non-hydrogen) atoms. The SMILES string of the molecule is CCOc1cc([C@@H](CS(C)(=O)=O)N2[C@@H](O)c3cccc(NC(=O)CCCCCCCCCCCN)c3[C@@H]2O)ccc1OC. The van der Waals surface area contributed by atoms with Crippen LogP contribution in [-0.2, 0) is 14.6 Å². The summed E-state index contributed by atoms with van der Waals surface area (Å²) in [6, 6.07) is 9.19. The number of carbonyl (C=O) groups is 1. The minimum absolute atomic E-state index is 0.167. The fourth-order valence-electron chi connectivity index (χ4n) is 5.68. The first-order chi connectivity index (χ1) is 20.6. The Hall–Kier alpha value is -2.70. The van der Waals surface area contributed by atoms with Crippen molar-refractivity contribution in [1.82, 2.24) is 4.90 Å². The third-order valence-electron chi connectivity index (χ3n) is 7.82. The quantitative estimate of drug-likeness (QED) is 0.160. The van der Waals surface area contributed by atoms with Gasteiger partial charge in [0, 0.05) is 29.5 Å². The predicted molar refractivity (Wildman–Crippen MR) is 169 cm³/mol. The molecule has 2 aromatic rings. The molecule has 3 atom stereocenters. The third kappa shape index (κ3) is 9.90. The van der Waals surface area contributed by atoms with Crippen LogP contribution in [0.1, 0.15) is 106 Å². The lowest BCUT2D eigenvalue weighted by Crippen LogP contribution is -2.35. The molecule has 2 aromatic carbocycles. The van der Waals surface area contributed by atoms with E-state index in [1.54, 1.807) is 36.4 Å². The van der Waals surface area contributed by atoms with Gasteiger partial charge in [0.15, 0.2) is 11.5 Å². The molecule has 0 saturated carbocycles. The van der Waals surface area contributed by atoms with Crippen molar-refractivity contribution in [3.63, 3.8) is 0 Å². The minimum Gasteiger partial charge on any atom is -0.493 e. The number of nitrogens with one attached hydrogen (secondary N) is 1. The van der Waals surface area contributed by atoms with Crippen molar-refractivity contribution in [1.29, 1.82) is 0 Å². The molecule has 1 amide bonds. The molecule has 1 aliphatic heterocycles. The van der Waals surface area contributed by atoms with Crippen LogP contribution in [0.25, 0.3) is 0 Å². The van der Waals surface area contributed by atoms with E-state index in [2.05, 4.69) is 5.32 Å². The van der Waals surface area contributed by atoms with Gasteiger partial charge in [-0.05, 0) is 50.1 Å². The van der Waals surface area contributed by atoms with Gasteiger partial charge in [-0.1, -0.05) is 63.1 Å². The second-order valence-electron chi connectivity index (χ2n) is 11.2. The number of carbonyl (C=O) groups excluding carboxylic acids is 1. The topological polar surface area (TPSA) is 151 Å². The molecular formula is C32H49N3O7S. The van der Waals surface area contributed by atoms with Gasteiger partial charge in [-0.3, -0.25) is 4.79 Å². The molecule has 1 aliphatic rings. The number of benzene rings is 2. The molecule has 0 unspecified atom stereocenters. The number of aliphatic hydroxyl groups is 2. The number of nitrogens with zero attached hydrogens (tertiary/aromatic N) is 1. The van der Waals surface area contributed by atoms with E-state index < -0.39 is 28.3 Å². The molecule has 0 saturated heterocycles. The van der Waals surface area contributed by atoms with Crippen molar-refractivity contribution in [2.75, 3.05) is 37.6 Å². The molecule has 1 heterocycles.